The molecule has 32 heavy (non-hydrogen) atoms. The molecule has 2 heterocycles. The number of hydrogen-bond acceptors (Lipinski definition) is 5. The molecule has 0 aliphatic rings. The van der Waals surface area contributed by atoms with E-state index in [-0.39, 0.29) is 17.8 Å². The maximum atomic E-state index is 14.2. The number of fused-ring (bicyclic) bond motifs is 1. The molecule has 0 saturated heterocycles. The molecule has 2 aromatic carbocycles. The van der Waals surface area contributed by atoms with Crippen LogP contribution in [0.15, 0.2) is 60.0 Å². The summed E-state index contributed by atoms with van der Waals surface area (Å²) in [5.41, 5.74) is 0.980. The van der Waals surface area contributed by atoms with Crippen LogP contribution in [-0.4, -0.2) is 32.7 Å². The van der Waals surface area contributed by atoms with E-state index in [1.54, 1.807) is 29.2 Å². The van der Waals surface area contributed by atoms with Crippen LogP contribution in [0.25, 0.3) is 10.2 Å². The van der Waals surface area contributed by atoms with Gasteiger partial charge in [-0.2, -0.15) is 0 Å². The van der Waals surface area contributed by atoms with E-state index in [0.717, 1.165) is 33.6 Å². The Morgan fingerprint density at radius 3 is 2.75 bits per heavy atom. The van der Waals surface area contributed by atoms with Crippen LogP contribution in [0.5, 0.6) is 0 Å². The van der Waals surface area contributed by atoms with Gasteiger partial charge in [-0.05, 0) is 35.9 Å². The third-order valence-corrected chi connectivity index (χ3v) is 6.80. The molecule has 9 heteroatoms. The first kappa shape index (κ1) is 22.4. The summed E-state index contributed by atoms with van der Waals surface area (Å²) in [6, 6.07) is 9.98. The molecule has 0 saturated carbocycles. The number of carbonyl (C=O) groups is 1. The van der Waals surface area contributed by atoms with Gasteiger partial charge in [-0.3, -0.25) is 9.69 Å². The Balaban J connectivity index is 1.56. The van der Waals surface area contributed by atoms with E-state index in [4.69, 9.17) is 0 Å². The third-order valence-electron chi connectivity index (χ3n) is 4.88. The van der Waals surface area contributed by atoms with Gasteiger partial charge >= 0.3 is 0 Å². The number of halogens is 2. The van der Waals surface area contributed by atoms with Crippen LogP contribution in [0.4, 0.5) is 13.9 Å². The average molecular weight is 473 g/mol. The lowest BCUT2D eigenvalue weighted by molar-refractivity contribution is -0.118. The van der Waals surface area contributed by atoms with Crippen LogP contribution in [0.3, 0.4) is 0 Å². The van der Waals surface area contributed by atoms with Crippen molar-refractivity contribution in [1.29, 1.82) is 0 Å². The quantitative estimate of drug-likeness (QED) is 0.300. The highest BCUT2D eigenvalue weighted by atomic mass is 32.2. The van der Waals surface area contributed by atoms with E-state index in [1.165, 1.54) is 6.07 Å². The van der Waals surface area contributed by atoms with E-state index in [0.29, 0.717) is 29.3 Å². The summed E-state index contributed by atoms with van der Waals surface area (Å²) in [7, 11) is 0. The van der Waals surface area contributed by atoms with Crippen molar-refractivity contribution in [2.24, 2.45) is 0 Å². The summed E-state index contributed by atoms with van der Waals surface area (Å²) >= 11 is 2.86. The van der Waals surface area contributed by atoms with E-state index in [2.05, 4.69) is 16.9 Å². The van der Waals surface area contributed by atoms with Crippen molar-refractivity contribution < 1.29 is 13.6 Å². The van der Waals surface area contributed by atoms with Gasteiger partial charge in [0.1, 0.15) is 11.3 Å². The Labute approximate surface area is 193 Å². The molecule has 4 rings (SSSR count). The molecule has 0 spiro atoms. The molecule has 5 nitrogen and oxygen atoms in total. The number of imidazole rings is 1. The molecule has 0 radical (unpaired) electrons. The molecule has 0 N–H and O–H groups in total. The monoisotopic (exact) mass is 472 g/mol. The molecular weight excluding hydrogens is 450 g/mol. The van der Waals surface area contributed by atoms with E-state index in [9.17, 15) is 13.6 Å². The zero-order valence-electron chi connectivity index (χ0n) is 17.5. The van der Waals surface area contributed by atoms with Crippen molar-refractivity contribution >= 4 is 44.4 Å². The van der Waals surface area contributed by atoms with Gasteiger partial charge in [0.15, 0.2) is 10.9 Å². The molecule has 4 aromatic rings. The number of rotatable bonds is 9. The number of thiazole rings is 1. The molecule has 1 amide bonds. The Kier molecular flexibility index (Phi) is 7.16. The second-order valence-electron chi connectivity index (χ2n) is 7.18. The average Bonchev–Trinajstić information content (AvgIpc) is 3.42. The van der Waals surface area contributed by atoms with Crippen LogP contribution in [0.2, 0.25) is 0 Å². The van der Waals surface area contributed by atoms with E-state index >= 15 is 0 Å². The van der Waals surface area contributed by atoms with Gasteiger partial charge in [0.2, 0.25) is 5.91 Å². The lowest BCUT2D eigenvalue weighted by atomic mass is 10.1. The summed E-state index contributed by atoms with van der Waals surface area (Å²) in [5.74, 6) is -0.533. The number of benzene rings is 2. The minimum absolute atomic E-state index is 0.0831. The van der Waals surface area contributed by atoms with Crippen LogP contribution >= 0.6 is 23.1 Å². The highest BCUT2D eigenvalue weighted by Gasteiger charge is 2.21. The van der Waals surface area contributed by atoms with E-state index < -0.39 is 11.6 Å². The lowest BCUT2D eigenvalue weighted by Gasteiger charge is -2.20. The van der Waals surface area contributed by atoms with Crippen LogP contribution in [-0.2, 0) is 17.8 Å². The number of anilines is 1. The number of nitrogens with zero attached hydrogens (tertiary/aromatic N) is 4. The Morgan fingerprint density at radius 2 is 2.03 bits per heavy atom. The van der Waals surface area contributed by atoms with Gasteiger partial charge in [-0.1, -0.05) is 30.4 Å². The van der Waals surface area contributed by atoms with Crippen molar-refractivity contribution in [2.75, 3.05) is 17.2 Å². The van der Waals surface area contributed by atoms with Crippen molar-refractivity contribution in [2.45, 2.75) is 31.2 Å². The third kappa shape index (κ3) is 5.34. The second kappa shape index (κ2) is 10.2. The van der Waals surface area contributed by atoms with E-state index in [1.807, 2.05) is 35.0 Å². The SMILES string of the molecule is CCSc1ccc(CC(=O)N(CCCn2ccnc2)c2nc3c(F)cc(F)cc3s2)cc1. The molecule has 2 aromatic heterocycles. The fourth-order valence-corrected chi connectivity index (χ4v) is 5.07. The maximum absolute atomic E-state index is 14.2. The number of hydrogen-bond donors (Lipinski definition) is 0. The van der Waals surface area contributed by atoms with Crippen molar-refractivity contribution in [3.63, 3.8) is 0 Å². The number of aromatic nitrogens is 3. The molecule has 0 atom stereocenters. The minimum atomic E-state index is -0.725. The normalized spacial score (nSPS) is 11.2. The molecule has 0 fully saturated rings. The fraction of sp³-hybridized carbons (Fsp3) is 0.261. The molecule has 0 unspecified atom stereocenters. The number of amides is 1. The largest absolute Gasteiger partial charge is 0.337 e. The van der Waals surface area contributed by atoms with Crippen molar-refractivity contribution in [3.05, 3.63) is 72.3 Å². The topological polar surface area (TPSA) is 51.0 Å². The highest BCUT2D eigenvalue weighted by molar-refractivity contribution is 7.99. The van der Waals surface area contributed by atoms with Gasteiger partial charge in [0, 0.05) is 36.4 Å². The Hall–Kier alpha value is -2.78. The van der Waals surface area contributed by atoms with Crippen LogP contribution in [0, 0.1) is 11.6 Å². The van der Waals surface area contributed by atoms with Crippen LogP contribution in [0.1, 0.15) is 18.9 Å². The Bertz CT molecular complexity index is 1190. The van der Waals surface area contributed by atoms with Gasteiger partial charge < -0.3 is 4.57 Å². The summed E-state index contributed by atoms with van der Waals surface area (Å²) in [4.78, 5) is 24.3. The molecular formula is C23H22F2N4OS2. The first-order valence-corrected chi connectivity index (χ1v) is 12.1. The first-order valence-electron chi connectivity index (χ1n) is 10.3. The lowest BCUT2D eigenvalue weighted by Crippen LogP contribution is -2.33. The van der Waals surface area contributed by atoms with Gasteiger partial charge in [0.05, 0.1) is 17.4 Å². The first-order chi connectivity index (χ1) is 15.5. The summed E-state index contributed by atoms with van der Waals surface area (Å²) in [6.45, 7) is 3.18. The van der Waals surface area contributed by atoms with Gasteiger partial charge in [-0.25, -0.2) is 18.7 Å². The van der Waals surface area contributed by atoms with Gasteiger partial charge in [-0.15, -0.1) is 11.8 Å². The summed E-state index contributed by atoms with van der Waals surface area (Å²) in [5, 5.41) is 0.373. The summed E-state index contributed by atoms with van der Waals surface area (Å²) in [6.07, 6.45) is 6.15. The van der Waals surface area contributed by atoms with Gasteiger partial charge in [0.25, 0.3) is 0 Å². The van der Waals surface area contributed by atoms with Crippen molar-refractivity contribution in [1.82, 2.24) is 14.5 Å². The predicted octanol–water partition coefficient (Wildman–Crippen LogP) is 5.55. The molecule has 0 aliphatic heterocycles. The molecule has 166 valence electrons. The summed E-state index contributed by atoms with van der Waals surface area (Å²) < 4.78 is 30.2. The number of carbonyl (C=O) groups excluding carboxylic acids is 1. The molecule has 0 bridgehead atoms. The fourth-order valence-electron chi connectivity index (χ4n) is 3.36. The molecule has 0 aliphatic carbocycles. The predicted molar refractivity (Wildman–Crippen MR) is 125 cm³/mol. The number of aryl methyl sites for hydroxylation is 1. The maximum Gasteiger partial charge on any atom is 0.233 e. The van der Waals surface area contributed by atoms with Crippen molar-refractivity contribution in [3.8, 4) is 0 Å². The standard InChI is InChI=1S/C23H22F2N4OS2/c1-2-31-18-6-4-16(5-7-18)12-21(30)29(10-3-9-28-11-8-26-15-28)23-27-22-19(25)13-17(24)14-20(22)32-23/h4-8,11,13-15H,2-3,9-10,12H2,1H3. The second-order valence-corrected chi connectivity index (χ2v) is 9.53. The smallest absolute Gasteiger partial charge is 0.233 e. The zero-order chi connectivity index (χ0) is 22.5. The van der Waals surface area contributed by atoms with Crippen LogP contribution < -0.4 is 4.90 Å². The Morgan fingerprint density at radius 1 is 1.22 bits per heavy atom. The highest BCUT2D eigenvalue weighted by Crippen LogP contribution is 2.32. The minimum Gasteiger partial charge on any atom is -0.337 e. The zero-order valence-corrected chi connectivity index (χ0v) is 19.1. The number of thioether (sulfide) groups is 1.